The van der Waals surface area contributed by atoms with Gasteiger partial charge in [0, 0.05) is 31.6 Å². The van der Waals surface area contributed by atoms with Gasteiger partial charge < -0.3 is 25.2 Å². The molecule has 4 rings (SSSR count). The Balaban J connectivity index is 1.21. The second kappa shape index (κ2) is 12.9. The summed E-state index contributed by atoms with van der Waals surface area (Å²) in [6.07, 6.45) is 1.32. The van der Waals surface area contributed by atoms with Gasteiger partial charge in [-0.3, -0.25) is 29.4 Å². The summed E-state index contributed by atoms with van der Waals surface area (Å²) in [7, 11) is 0. The average molecular weight is 544 g/mol. The summed E-state index contributed by atoms with van der Waals surface area (Å²) in [6.45, 7) is 2.57. The molecule has 3 heterocycles. The van der Waals surface area contributed by atoms with Crippen LogP contribution >= 0.6 is 0 Å². The fourth-order valence-electron chi connectivity index (χ4n) is 4.28. The first-order valence-corrected chi connectivity index (χ1v) is 12.4. The number of aromatic nitrogens is 3. The minimum absolute atomic E-state index is 0.0662. The molecule has 15 heteroatoms. The van der Waals surface area contributed by atoms with Gasteiger partial charge in [0.2, 0.25) is 11.8 Å². The van der Waals surface area contributed by atoms with Crippen LogP contribution in [-0.4, -0.2) is 100 Å². The van der Waals surface area contributed by atoms with E-state index in [9.17, 15) is 24.0 Å². The van der Waals surface area contributed by atoms with E-state index in [4.69, 9.17) is 14.6 Å². The van der Waals surface area contributed by atoms with Crippen LogP contribution < -0.4 is 16.0 Å². The summed E-state index contributed by atoms with van der Waals surface area (Å²) in [4.78, 5) is 60.7. The molecular formula is C24H29N7O8. The predicted octanol–water partition coefficient (Wildman–Crippen LogP) is -0.365. The highest BCUT2D eigenvalue weighted by molar-refractivity contribution is 6.23. The number of hydrogen-bond acceptors (Lipinski definition) is 10. The maximum absolute atomic E-state index is 13.0. The second-order valence-electron chi connectivity index (χ2n) is 8.79. The molecule has 2 aliphatic rings. The predicted molar refractivity (Wildman–Crippen MR) is 133 cm³/mol. The summed E-state index contributed by atoms with van der Waals surface area (Å²) in [6, 6.07) is 3.84. The van der Waals surface area contributed by atoms with Gasteiger partial charge in [-0.25, -0.2) is 9.48 Å². The van der Waals surface area contributed by atoms with Gasteiger partial charge in [-0.05, 0) is 24.6 Å². The first kappa shape index (κ1) is 27.7. The third kappa shape index (κ3) is 6.94. The number of hydrogen-bond donors (Lipinski definition) is 4. The van der Waals surface area contributed by atoms with Crippen LogP contribution in [0.3, 0.4) is 0 Å². The van der Waals surface area contributed by atoms with Gasteiger partial charge in [0.15, 0.2) is 0 Å². The number of benzene rings is 1. The van der Waals surface area contributed by atoms with Crippen molar-refractivity contribution in [2.75, 3.05) is 44.8 Å². The highest BCUT2D eigenvalue weighted by Crippen LogP contribution is 2.29. The molecule has 1 aromatic heterocycles. The second-order valence-corrected chi connectivity index (χ2v) is 8.79. The van der Waals surface area contributed by atoms with E-state index < -0.39 is 35.8 Å². The van der Waals surface area contributed by atoms with E-state index in [-0.39, 0.29) is 37.1 Å². The first-order chi connectivity index (χ1) is 18.8. The number of piperidine rings is 1. The summed E-state index contributed by atoms with van der Waals surface area (Å²) in [5.41, 5.74) is 1.94. The van der Waals surface area contributed by atoms with Gasteiger partial charge in [-0.1, -0.05) is 5.21 Å². The van der Waals surface area contributed by atoms with E-state index in [1.807, 2.05) is 0 Å². The Bertz CT molecular complexity index is 1250. The number of carbonyl (C=O) groups is 5. The molecule has 1 saturated heterocycles. The van der Waals surface area contributed by atoms with Crippen LogP contribution in [0.15, 0.2) is 24.4 Å². The number of carboxylic acid groups (broad SMARTS) is 1. The summed E-state index contributed by atoms with van der Waals surface area (Å²) < 4.78 is 12.5. The smallest absolute Gasteiger partial charge is 0.404 e. The Morgan fingerprint density at radius 3 is 2.59 bits per heavy atom. The average Bonchev–Trinajstić information content (AvgIpc) is 3.44. The van der Waals surface area contributed by atoms with E-state index in [1.54, 1.807) is 29.1 Å². The number of carbonyl (C=O) groups excluding carboxylic acids is 4. The highest BCUT2D eigenvalue weighted by Gasteiger charge is 2.44. The van der Waals surface area contributed by atoms with Crippen molar-refractivity contribution in [3.05, 3.63) is 41.2 Å². The molecule has 1 fully saturated rings. The van der Waals surface area contributed by atoms with E-state index in [2.05, 4.69) is 26.3 Å². The molecule has 0 radical (unpaired) electrons. The zero-order valence-electron chi connectivity index (χ0n) is 21.1. The van der Waals surface area contributed by atoms with Crippen molar-refractivity contribution in [2.24, 2.45) is 0 Å². The van der Waals surface area contributed by atoms with Crippen molar-refractivity contribution >= 4 is 35.4 Å². The maximum Gasteiger partial charge on any atom is 0.404 e. The number of fused-ring (bicyclic) bond motifs is 1. The number of nitrogens with zero attached hydrogens (tertiary/aromatic N) is 4. The molecular weight excluding hydrogens is 514 g/mol. The van der Waals surface area contributed by atoms with Gasteiger partial charge in [-0.2, -0.15) is 0 Å². The van der Waals surface area contributed by atoms with Crippen molar-refractivity contribution in [3.8, 4) is 0 Å². The highest BCUT2D eigenvalue weighted by atomic mass is 16.5. The first-order valence-electron chi connectivity index (χ1n) is 12.4. The van der Waals surface area contributed by atoms with Crippen molar-refractivity contribution in [1.82, 2.24) is 30.5 Å². The standard InChI is InChI=1S/C24H29N7O8/c32-20-4-3-19(21(33)28-20)31-22(34)17-2-1-15(13-18(17)23(31)35)25-6-5-16-14-27-29-30(16)8-10-39-12-11-38-9-7-26-24(36)37/h1-2,13-14,19,25-26H,3-12H2,(H,36,37)(H,28,32,33). The molecule has 4 N–H and O–H groups in total. The van der Waals surface area contributed by atoms with Gasteiger partial charge in [0.25, 0.3) is 11.8 Å². The van der Waals surface area contributed by atoms with Gasteiger partial charge in [0.1, 0.15) is 6.04 Å². The largest absolute Gasteiger partial charge is 0.465 e. The normalized spacial score (nSPS) is 16.8. The number of ether oxygens (including phenoxy) is 2. The van der Waals surface area contributed by atoms with Crippen LogP contribution in [-0.2, 0) is 32.0 Å². The van der Waals surface area contributed by atoms with Crippen molar-refractivity contribution in [2.45, 2.75) is 31.8 Å². The quantitative estimate of drug-likeness (QED) is 0.179. The Hall–Kier alpha value is -4.37. The molecule has 1 unspecified atom stereocenters. The fraction of sp³-hybridized carbons (Fsp3) is 0.458. The number of rotatable bonds is 14. The minimum Gasteiger partial charge on any atom is -0.465 e. The van der Waals surface area contributed by atoms with Crippen LogP contribution in [0.5, 0.6) is 0 Å². The molecule has 1 aromatic carbocycles. The molecule has 208 valence electrons. The number of nitrogens with one attached hydrogen (secondary N) is 3. The lowest BCUT2D eigenvalue weighted by molar-refractivity contribution is -0.136. The van der Waals surface area contributed by atoms with Gasteiger partial charge in [-0.15, -0.1) is 5.10 Å². The van der Waals surface area contributed by atoms with E-state index in [1.165, 1.54) is 0 Å². The third-order valence-corrected chi connectivity index (χ3v) is 6.19. The topological polar surface area (TPSA) is 194 Å². The van der Waals surface area contributed by atoms with Crippen LogP contribution in [0.25, 0.3) is 0 Å². The van der Waals surface area contributed by atoms with Crippen molar-refractivity contribution in [3.63, 3.8) is 0 Å². The summed E-state index contributed by atoms with van der Waals surface area (Å²) >= 11 is 0. The van der Waals surface area contributed by atoms with Crippen molar-refractivity contribution < 1.29 is 38.6 Å². The Labute approximate surface area is 222 Å². The minimum atomic E-state index is -1.09. The van der Waals surface area contributed by atoms with Crippen molar-refractivity contribution in [1.29, 1.82) is 0 Å². The molecule has 5 amide bonds. The number of imide groups is 2. The lowest BCUT2D eigenvalue weighted by Crippen LogP contribution is -2.54. The summed E-state index contributed by atoms with van der Waals surface area (Å²) in [5, 5.41) is 24.1. The maximum atomic E-state index is 13.0. The molecule has 1 atom stereocenters. The van der Waals surface area contributed by atoms with E-state index in [0.29, 0.717) is 45.0 Å². The van der Waals surface area contributed by atoms with E-state index in [0.717, 1.165) is 10.6 Å². The molecule has 0 bridgehead atoms. The molecule has 0 spiro atoms. The fourth-order valence-corrected chi connectivity index (χ4v) is 4.28. The number of anilines is 1. The Morgan fingerprint density at radius 2 is 1.82 bits per heavy atom. The van der Waals surface area contributed by atoms with Gasteiger partial charge in [0.05, 0.1) is 56.0 Å². The third-order valence-electron chi connectivity index (χ3n) is 6.19. The zero-order valence-corrected chi connectivity index (χ0v) is 21.1. The monoisotopic (exact) mass is 543 g/mol. The lowest BCUT2D eigenvalue weighted by Gasteiger charge is -2.27. The van der Waals surface area contributed by atoms with Crippen LogP contribution in [0.1, 0.15) is 39.3 Å². The molecule has 39 heavy (non-hydrogen) atoms. The summed E-state index contributed by atoms with van der Waals surface area (Å²) in [5.74, 6) is -2.17. The molecule has 2 aliphatic heterocycles. The lowest BCUT2D eigenvalue weighted by atomic mass is 10.0. The Morgan fingerprint density at radius 1 is 1.05 bits per heavy atom. The molecule has 0 saturated carbocycles. The molecule has 2 aromatic rings. The SMILES string of the molecule is O=C(O)NCCOCCOCCn1nncc1CCNc1ccc2c(c1)C(=O)N(C1CCC(=O)NC1=O)C2=O. The van der Waals surface area contributed by atoms with Crippen LogP contribution in [0.4, 0.5) is 10.5 Å². The molecule has 0 aliphatic carbocycles. The van der Waals surface area contributed by atoms with E-state index >= 15 is 0 Å². The molecule has 15 nitrogen and oxygen atoms in total. The Kier molecular flexibility index (Phi) is 9.17. The zero-order chi connectivity index (χ0) is 27.8. The van der Waals surface area contributed by atoms with Crippen LogP contribution in [0, 0.1) is 0 Å². The van der Waals surface area contributed by atoms with Crippen LogP contribution in [0.2, 0.25) is 0 Å². The number of amides is 5. The van der Waals surface area contributed by atoms with Gasteiger partial charge >= 0.3 is 6.09 Å².